The fourth-order valence-corrected chi connectivity index (χ4v) is 2.15. The Labute approximate surface area is 131 Å². The van der Waals surface area contributed by atoms with Crippen LogP contribution in [-0.2, 0) is 11.2 Å². The number of carbonyl (C=O) groups excluding carboxylic acids is 1. The van der Waals surface area contributed by atoms with Gasteiger partial charge < -0.3 is 14.5 Å². The smallest absolute Gasteiger partial charge is 0.260 e. The Balaban J connectivity index is 1.75. The van der Waals surface area contributed by atoms with Crippen LogP contribution in [0.4, 0.5) is 0 Å². The van der Waals surface area contributed by atoms with E-state index in [0.29, 0.717) is 6.54 Å². The molecule has 2 aromatic rings. The average Bonchev–Trinajstić information content (AvgIpc) is 3.00. The van der Waals surface area contributed by atoms with Gasteiger partial charge in [0.2, 0.25) is 0 Å². The van der Waals surface area contributed by atoms with Crippen LogP contribution in [0.3, 0.4) is 0 Å². The molecule has 1 aromatic heterocycles. The van der Waals surface area contributed by atoms with Crippen LogP contribution in [-0.4, -0.2) is 18.6 Å². The number of rotatable bonds is 7. The standard InChI is InChI=1S/C18H23NO3/c1-13-8-9-14(2)17(12-13)22-15(3)18(20)19-10-4-6-16-7-5-11-21-16/h5,7-9,11-12,15H,4,6,10H2,1-3H3,(H,19,20). The molecule has 22 heavy (non-hydrogen) atoms. The van der Waals surface area contributed by atoms with Gasteiger partial charge in [0.1, 0.15) is 11.5 Å². The Hall–Kier alpha value is -2.23. The summed E-state index contributed by atoms with van der Waals surface area (Å²) in [5.41, 5.74) is 2.15. The second-order valence-corrected chi connectivity index (χ2v) is 5.50. The fourth-order valence-electron chi connectivity index (χ4n) is 2.15. The zero-order valence-electron chi connectivity index (χ0n) is 13.4. The lowest BCUT2D eigenvalue weighted by Gasteiger charge is -2.16. The van der Waals surface area contributed by atoms with E-state index in [4.69, 9.17) is 9.15 Å². The molecule has 1 atom stereocenters. The molecule has 1 N–H and O–H groups in total. The highest BCUT2D eigenvalue weighted by Gasteiger charge is 2.15. The summed E-state index contributed by atoms with van der Waals surface area (Å²) < 4.78 is 11.0. The number of amides is 1. The van der Waals surface area contributed by atoms with Crippen molar-refractivity contribution in [3.63, 3.8) is 0 Å². The highest BCUT2D eigenvalue weighted by molar-refractivity contribution is 5.80. The van der Waals surface area contributed by atoms with E-state index in [1.807, 2.05) is 44.2 Å². The van der Waals surface area contributed by atoms with Gasteiger partial charge >= 0.3 is 0 Å². The molecule has 0 aliphatic carbocycles. The minimum absolute atomic E-state index is 0.0969. The van der Waals surface area contributed by atoms with E-state index in [1.165, 1.54) is 0 Å². The van der Waals surface area contributed by atoms with Crippen molar-refractivity contribution in [3.05, 3.63) is 53.5 Å². The number of furan rings is 1. The Morgan fingerprint density at radius 2 is 2.14 bits per heavy atom. The van der Waals surface area contributed by atoms with E-state index < -0.39 is 6.10 Å². The summed E-state index contributed by atoms with van der Waals surface area (Å²) in [7, 11) is 0. The van der Waals surface area contributed by atoms with Gasteiger partial charge in [-0.3, -0.25) is 4.79 Å². The van der Waals surface area contributed by atoms with Crippen molar-refractivity contribution in [1.82, 2.24) is 5.32 Å². The molecule has 0 bridgehead atoms. The molecule has 118 valence electrons. The maximum atomic E-state index is 12.0. The molecule has 4 heteroatoms. The molecule has 0 aliphatic heterocycles. The molecule has 0 radical (unpaired) electrons. The zero-order chi connectivity index (χ0) is 15.9. The van der Waals surface area contributed by atoms with Crippen molar-refractivity contribution >= 4 is 5.91 Å². The lowest BCUT2D eigenvalue weighted by Crippen LogP contribution is -2.37. The molecule has 0 saturated carbocycles. The third-order valence-corrected chi connectivity index (χ3v) is 3.50. The number of hydrogen-bond acceptors (Lipinski definition) is 3. The van der Waals surface area contributed by atoms with Crippen LogP contribution < -0.4 is 10.1 Å². The highest BCUT2D eigenvalue weighted by Crippen LogP contribution is 2.20. The van der Waals surface area contributed by atoms with Gasteiger partial charge in [-0.05, 0) is 56.5 Å². The Morgan fingerprint density at radius 1 is 1.32 bits per heavy atom. The molecule has 2 rings (SSSR count). The lowest BCUT2D eigenvalue weighted by atomic mass is 10.1. The predicted octanol–water partition coefficient (Wildman–Crippen LogP) is 3.41. The molecule has 1 heterocycles. The van der Waals surface area contributed by atoms with Crippen molar-refractivity contribution in [1.29, 1.82) is 0 Å². The third kappa shape index (κ3) is 4.65. The van der Waals surface area contributed by atoms with Crippen LogP contribution in [0, 0.1) is 13.8 Å². The van der Waals surface area contributed by atoms with E-state index in [0.717, 1.165) is 35.5 Å². The molecule has 4 nitrogen and oxygen atoms in total. The molecule has 0 spiro atoms. The van der Waals surface area contributed by atoms with Crippen LogP contribution in [0.2, 0.25) is 0 Å². The van der Waals surface area contributed by atoms with Gasteiger partial charge in [0.05, 0.1) is 6.26 Å². The van der Waals surface area contributed by atoms with Gasteiger partial charge in [0.25, 0.3) is 5.91 Å². The summed E-state index contributed by atoms with van der Waals surface area (Å²) in [5.74, 6) is 1.60. The maximum Gasteiger partial charge on any atom is 0.260 e. The van der Waals surface area contributed by atoms with Crippen LogP contribution >= 0.6 is 0 Å². The first-order chi connectivity index (χ1) is 10.6. The van der Waals surface area contributed by atoms with Gasteiger partial charge in [-0.15, -0.1) is 0 Å². The minimum atomic E-state index is -0.510. The molecule has 1 unspecified atom stereocenters. The second kappa shape index (κ2) is 7.69. The number of ether oxygens (including phenoxy) is 1. The number of hydrogen-bond donors (Lipinski definition) is 1. The Bertz CT molecular complexity index is 605. The predicted molar refractivity (Wildman–Crippen MR) is 86.0 cm³/mol. The third-order valence-electron chi connectivity index (χ3n) is 3.50. The van der Waals surface area contributed by atoms with E-state index >= 15 is 0 Å². The highest BCUT2D eigenvalue weighted by atomic mass is 16.5. The van der Waals surface area contributed by atoms with Crippen LogP contribution in [0.15, 0.2) is 41.0 Å². The van der Waals surface area contributed by atoms with Crippen molar-refractivity contribution in [2.24, 2.45) is 0 Å². The Kier molecular flexibility index (Phi) is 5.64. The van der Waals surface area contributed by atoms with Crippen LogP contribution in [0.5, 0.6) is 5.75 Å². The van der Waals surface area contributed by atoms with Crippen molar-refractivity contribution in [2.75, 3.05) is 6.54 Å². The monoisotopic (exact) mass is 301 g/mol. The van der Waals surface area contributed by atoms with Gasteiger partial charge in [-0.25, -0.2) is 0 Å². The normalized spacial score (nSPS) is 12.0. The van der Waals surface area contributed by atoms with Crippen LogP contribution in [0.25, 0.3) is 0 Å². The molecular formula is C18H23NO3. The van der Waals surface area contributed by atoms with Gasteiger partial charge in [0.15, 0.2) is 6.10 Å². The summed E-state index contributed by atoms with van der Waals surface area (Å²) in [6, 6.07) is 9.79. The number of aryl methyl sites for hydroxylation is 3. The quantitative estimate of drug-likeness (QED) is 0.797. The number of carbonyl (C=O) groups is 1. The first kappa shape index (κ1) is 16.1. The first-order valence-electron chi connectivity index (χ1n) is 7.60. The maximum absolute atomic E-state index is 12.0. The topological polar surface area (TPSA) is 51.5 Å². The SMILES string of the molecule is Cc1ccc(C)c(OC(C)C(=O)NCCCc2ccco2)c1. The summed E-state index contributed by atoms with van der Waals surface area (Å²) in [4.78, 5) is 12.0. The largest absolute Gasteiger partial charge is 0.481 e. The average molecular weight is 301 g/mol. The summed E-state index contributed by atoms with van der Waals surface area (Å²) in [6.07, 6.45) is 2.81. The van der Waals surface area contributed by atoms with Crippen molar-refractivity contribution < 1.29 is 13.9 Å². The van der Waals surface area contributed by atoms with E-state index in [9.17, 15) is 4.79 Å². The summed E-state index contributed by atoms with van der Waals surface area (Å²) >= 11 is 0. The summed E-state index contributed by atoms with van der Waals surface area (Å²) in [5, 5.41) is 2.89. The zero-order valence-corrected chi connectivity index (χ0v) is 13.4. The number of benzene rings is 1. The lowest BCUT2D eigenvalue weighted by molar-refractivity contribution is -0.127. The molecule has 1 aromatic carbocycles. The van der Waals surface area contributed by atoms with Crippen LogP contribution in [0.1, 0.15) is 30.2 Å². The van der Waals surface area contributed by atoms with Gasteiger partial charge in [0, 0.05) is 13.0 Å². The Morgan fingerprint density at radius 3 is 2.86 bits per heavy atom. The molecular weight excluding hydrogens is 278 g/mol. The van der Waals surface area contributed by atoms with Crippen molar-refractivity contribution in [3.8, 4) is 5.75 Å². The molecule has 0 aliphatic rings. The fraction of sp³-hybridized carbons (Fsp3) is 0.389. The van der Waals surface area contributed by atoms with Gasteiger partial charge in [-0.2, -0.15) is 0 Å². The molecule has 0 saturated heterocycles. The van der Waals surface area contributed by atoms with Gasteiger partial charge in [-0.1, -0.05) is 12.1 Å². The molecule has 0 fully saturated rings. The van der Waals surface area contributed by atoms with E-state index in [1.54, 1.807) is 13.2 Å². The van der Waals surface area contributed by atoms with E-state index in [-0.39, 0.29) is 5.91 Å². The first-order valence-corrected chi connectivity index (χ1v) is 7.60. The second-order valence-electron chi connectivity index (χ2n) is 5.50. The number of nitrogens with one attached hydrogen (secondary N) is 1. The molecule has 1 amide bonds. The van der Waals surface area contributed by atoms with E-state index in [2.05, 4.69) is 5.32 Å². The minimum Gasteiger partial charge on any atom is -0.481 e. The summed E-state index contributed by atoms with van der Waals surface area (Å²) in [6.45, 7) is 6.36. The van der Waals surface area contributed by atoms with Crippen molar-refractivity contribution in [2.45, 2.75) is 39.7 Å².